The van der Waals surface area contributed by atoms with Crippen LogP contribution >= 0.6 is 24.0 Å². The molecule has 6 heteroatoms. The number of hydrogen-bond donors (Lipinski definition) is 3. The van der Waals surface area contributed by atoms with E-state index in [1.807, 2.05) is 0 Å². The van der Waals surface area contributed by atoms with Crippen molar-refractivity contribution in [3.63, 3.8) is 0 Å². The summed E-state index contributed by atoms with van der Waals surface area (Å²) in [5.74, 6) is -0.233. The number of halogens is 2. The fraction of sp³-hybridized carbons (Fsp3) is 0.471. The van der Waals surface area contributed by atoms with Crippen LogP contribution in [0.2, 0.25) is 0 Å². The Morgan fingerprint density at radius 3 is 2.78 bits per heavy atom. The van der Waals surface area contributed by atoms with E-state index in [9.17, 15) is 9.50 Å². The lowest BCUT2D eigenvalue weighted by Crippen LogP contribution is -2.37. The molecule has 0 amide bonds. The molecule has 1 aliphatic rings. The highest BCUT2D eigenvalue weighted by atomic mass is 127. The van der Waals surface area contributed by atoms with Crippen LogP contribution in [0, 0.1) is 5.82 Å². The molecule has 0 bridgehead atoms. The zero-order chi connectivity index (χ0) is 15.8. The van der Waals surface area contributed by atoms with E-state index in [1.54, 1.807) is 13.1 Å². The van der Waals surface area contributed by atoms with Crippen LogP contribution < -0.4 is 10.6 Å². The lowest BCUT2D eigenvalue weighted by atomic mass is 9.97. The van der Waals surface area contributed by atoms with Crippen molar-refractivity contribution in [1.29, 1.82) is 0 Å². The van der Waals surface area contributed by atoms with Crippen molar-refractivity contribution in [2.45, 2.75) is 38.6 Å². The predicted molar refractivity (Wildman–Crippen MR) is 103 cm³/mol. The van der Waals surface area contributed by atoms with Crippen molar-refractivity contribution in [2.24, 2.45) is 4.99 Å². The van der Waals surface area contributed by atoms with E-state index < -0.39 is 5.82 Å². The Kier molecular flexibility index (Phi) is 8.98. The minimum atomic E-state index is -0.605. The second-order valence-corrected chi connectivity index (χ2v) is 5.50. The van der Waals surface area contributed by atoms with Crippen molar-refractivity contribution in [3.05, 3.63) is 41.2 Å². The molecule has 0 radical (unpaired) electrons. The van der Waals surface area contributed by atoms with E-state index in [0.717, 1.165) is 18.5 Å². The van der Waals surface area contributed by atoms with Crippen LogP contribution in [0.25, 0.3) is 0 Å². The number of rotatable bonds is 5. The molecule has 0 fully saturated rings. The third kappa shape index (κ3) is 6.76. The number of aromatic hydroxyl groups is 1. The fourth-order valence-corrected chi connectivity index (χ4v) is 2.54. The Morgan fingerprint density at radius 1 is 1.30 bits per heavy atom. The smallest absolute Gasteiger partial charge is 0.191 e. The van der Waals surface area contributed by atoms with Crippen molar-refractivity contribution in [3.8, 4) is 5.75 Å². The van der Waals surface area contributed by atoms with Crippen LogP contribution in [0.3, 0.4) is 0 Å². The van der Waals surface area contributed by atoms with E-state index in [0.29, 0.717) is 12.5 Å². The molecular formula is C17H25FIN3O. The van der Waals surface area contributed by atoms with Crippen LogP contribution in [-0.4, -0.2) is 24.7 Å². The van der Waals surface area contributed by atoms with E-state index in [1.165, 1.54) is 43.4 Å². The van der Waals surface area contributed by atoms with Crippen LogP contribution in [0.15, 0.2) is 34.8 Å². The molecule has 0 unspecified atom stereocenters. The van der Waals surface area contributed by atoms with Crippen LogP contribution in [0.5, 0.6) is 5.75 Å². The standard InChI is InChI=1S/C17H24FN3O.HI/c1-19-17(20-10-9-13-5-3-2-4-6-13)21-12-14-7-8-16(22)15(18)11-14;/h5,7-8,11,22H,2-4,6,9-10,12H2,1H3,(H2,19,20,21);1H. The number of guanidine groups is 1. The lowest BCUT2D eigenvalue weighted by Gasteiger charge is -2.15. The first-order valence-corrected chi connectivity index (χ1v) is 7.79. The quantitative estimate of drug-likeness (QED) is 0.287. The van der Waals surface area contributed by atoms with Crippen molar-refractivity contribution < 1.29 is 9.50 Å². The van der Waals surface area contributed by atoms with Gasteiger partial charge in [0.2, 0.25) is 0 Å². The summed E-state index contributed by atoms with van der Waals surface area (Å²) in [6.07, 6.45) is 8.40. The maximum Gasteiger partial charge on any atom is 0.191 e. The van der Waals surface area contributed by atoms with Gasteiger partial charge in [-0.1, -0.05) is 17.7 Å². The van der Waals surface area contributed by atoms with Gasteiger partial charge >= 0.3 is 0 Å². The molecule has 1 aromatic carbocycles. The number of allylic oxidation sites excluding steroid dienone is 1. The van der Waals surface area contributed by atoms with Crippen molar-refractivity contribution >= 4 is 29.9 Å². The lowest BCUT2D eigenvalue weighted by molar-refractivity contribution is 0.431. The number of benzene rings is 1. The summed E-state index contributed by atoms with van der Waals surface area (Å²) in [6.45, 7) is 1.30. The first kappa shape index (κ1) is 19.7. The largest absolute Gasteiger partial charge is 0.505 e. The number of hydrogen-bond acceptors (Lipinski definition) is 2. The maximum absolute atomic E-state index is 13.3. The van der Waals surface area contributed by atoms with Gasteiger partial charge in [-0.3, -0.25) is 4.99 Å². The molecule has 0 heterocycles. The summed E-state index contributed by atoms with van der Waals surface area (Å²) in [7, 11) is 1.71. The van der Waals surface area contributed by atoms with E-state index in [4.69, 9.17) is 0 Å². The van der Waals surface area contributed by atoms with Gasteiger partial charge in [-0.2, -0.15) is 0 Å². The second kappa shape index (κ2) is 10.5. The summed E-state index contributed by atoms with van der Waals surface area (Å²) < 4.78 is 13.3. The first-order chi connectivity index (χ1) is 10.7. The summed E-state index contributed by atoms with van der Waals surface area (Å²) in [5.41, 5.74) is 2.28. The zero-order valence-electron chi connectivity index (χ0n) is 13.4. The Labute approximate surface area is 154 Å². The van der Waals surface area contributed by atoms with Crippen LogP contribution in [-0.2, 0) is 6.54 Å². The average Bonchev–Trinajstić information content (AvgIpc) is 2.55. The minimum absolute atomic E-state index is 0. The molecule has 0 saturated heterocycles. The number of phenolic OH excluding ortho intramolecular Hbond substituents is 1. The van der Waals surface area contributed by atoms with Gasteiger partial charge in [0.15, 0.2) is 17.5 Å². The topological polar surface area (TPSA) is 56.7 Å². The summed E-state index contributed by atoms with van der Waals surface area (Å²) in [4.78, 5) is 4.16. The van der Waals surface area contributed by atoms with Crippen LogP contribution in [0.4, 0.5) is 4.39 Å². The van der Waals surface area contributed by atoms with E-state index >= 15 is 0 Å². The number of aliphatic imine (C=N–C) groups is 1. The molecule has 128 valence electrons. The molecule has 1 aliphatic carbocycles. The number of nitrogens with one attached hydrogen (secondary N) is 2. The van der Waals surface area contributed by atoms with Gasteiger partial charge < -0.3 is 15.7 Å². The molecule has 4 nitrogen and oxygen atoms in total. The Balaban J connectivity index is 0.00000264. The Morgan fingerprint density at radius 2 is 2.13 bits per heavy atom. The first-order valence-electron chi connectivity index (χ1n) is 7.79. The molecule has 1 aromatic rings. The minimum Gasteiger partial charge on any atom is -0.505 e. The van der Waals surface area contributed by atoms with E-state index in [-0.39, 0.29) is 29.7 Å². The fourth-order valence-electron chi connectivity index (χ4n) is 2.54. The Hall–Kier alpha value is -1.31. The predicted octanol–water partition coefficient (Wildman–Crippen LogP) is 3.70. The van der Waals surface area contributed by atoms with Gasteiger partial charge in [0, 0.05) is 20.1 Å². The van der Waals surface area contributed by atoms with Crippen molar-refractivity contribution in [2.75, 3.05) is 13.6 Å². The van der Waals surface area contributed by atoms with Crippen LogP contribution in [0.1, 0.15) is 37.7 Å². The zero-order valence-corrected chi connectivity index (χ0v) is 15.8. The molecule has 3 N–H and O–H groups in total. The third-order valence-electron chi connectivity index (χ3n) is 3.82. The van der Waals surface area contributed by atoms with E-state index in [2.05, 4.69) is 21.7 Å². The monoisotopic (exact) mass is 433 g/mol. The molecule has 0 aromatic heterocycles. The maximum atomic E-state index is 13.3. The third-order valence-corrected chi connectivity index (χ3v) is 3.82. The normalized spacial score (nSPS) is 14.7. The molecule has 23 heavy (non-hydrogen) atoms. The van der Waals surface area contributed by atoms with Gasteiger partial charge in [0.25, 0.3) is 0 Å². The molecule has 0 spiro atoms. The highest BCUT2D eigenvalue weighted by molar-refractivity contribution is 14.0. The highest BCUT2D eigenvalue weighted by Crippen LogP contribution is 2.19. The van der Waals surface area contributed by atoms with Gasteiger partial charge in [-0.25, -0.2) is 4.39 Å². The summed E-state index contributed by atoms with van der Waals surface area (Å²) in [6, 6.07) is 4.37. The SMILES string of the molecule is CN=C(NCCC1=CCCCC1)NCc1ccc(O)c(F)c1.I. The van der Waals surface area contributed by atoms with Gasteiger partial charge in [0.05, 0.1) is 0 Å². The molecule has 0 aliphatic heterocycles. The number of phenols is 1. The number of nitrogens with zero attached hydrogens (tertiary/aromatic N) is 1. The second-order valence-electron chi connectivity index (χ2n) is 5.50. The summed E-state index contributed by atoms with van der Waals surface area (Å²) in [5, 5.41) is 15.6. The van der Waals surface area contributed by atoms with Gasteiger partial charge in [-0.05, 0) is 49.8 Å². The average molecular weight is 433 g/mol. The van der Waals surface area contributed by atoms with Crippen molar-refractivity contribution in [1.82, 2.24) is 10.6 Å². The highest BCUT2D eigenvalue weighted by Gasteiger charge is 2.05. The molecular weight excluding hydrogens is 408 g/mol. The summed E-state index contributed by atoms with van der Waals surface area (Å²) >= 11 is 0. The van der Waals surface area contributed by atoms with Gasteiger partial charge in [-0.15, -0.1) is 24.0 Å². The van der Waals surface area contributed by atoms with Gasteiger partial charge in [0.1, 0.15) is 0 Å². The molecule has 0 atom stereocenters. The molecule has 2 rings (SSSR count). The molecule has 0 saturated carbocycles. The Bertz CT molecular complexity index is 561.